The lowest BCUT2D eigenvalue weighted by Crippen LogP contribution is -3.10. The van der Waals surface area contributed by atoms with Gasteiger partial charge in [-0.25, -0.2) is 0 Å². The lowest BCUT2D eigenvalue weighted by Gasteiger charge is -2.14. The Hall–Kier alpha value is -2.24. The quantitative estimate of drug-likeness (QED) is 0.745. The first-order chi connectivity index (χ1) is 13.6. The van der Waals surface area contributed by atoms with Gasteiger partial charge >= 0.3 is 0 Å². The van der Waals surface area contributed by atoms with Crippen LogP contribution >= 0.6 is 11.8 Å². The van der Waals surface area contributed by atoms with Crippen LogP contribution in [-0.4, -0.2) is 32.1 Å². The molecule has 2 aromatic carbocycles. The van der Waals surface area contributed by atoms with E-state index in [-0.39, 0.29) is 5.91 Å². The molecule has 0 radical (unpaired) electrons. The zero-order valence-corrected chi connectivity index (χ0v) is 17.4. The van der Waals surface area contributed by atoms with Crippen LogP contribution in [0.5, 0.6) is 0 Å². The molecule has 2 heterocycles. The third-order valence-corrected chi connectivity index (χ3v) is 6.67. The lowest BCUT2D eigenvalue weighted by atomic mass is 10.1. The van der Waals surface area contributed by atoms with Gasteiger partial charge in [0.1, 0.15) is 0 Å². The molecule has 0 saturated carbocycles. The normalized spacial score (nSPS) is 17.6. The van der Waals surface area contributed by atoms with Gasteiger partial charge in [0.25, 0.3) is 5.91 Å². The van der Waals surface area contributed by atoms with Crippen LogP contribution in [0.3, 0.4) is 0 Å². The minimum Gasteiger partial charge on any atom is -0.354 e. The summed E-state index contributed by atoms with van der Waals surface area (Å²) in [6.45, 7) is 8.38. The van der Waals surface area contributed by atoms with Gasteiger partial charge in [-0.15, -0.1) is 0 Å². The van der Waals surface area contributed by atoms with Gasteiger partial charge in [0.2, 0.25) is 0 Å². The molecule has 28 heavy (non-hydrogen) atoms. The number of benzene rings is 2. The largest absolute Gasteiger partial charge is 0.354 e. The number of quaternary nitrogens is 1. The van der Waals surface area contributed by atoms with E-state index in [1.165, 1.54) is 42.0 Å². The van der Waals surface area contributed by atoms with E-state index in [1.807, 2.05) is 19.1 Å². The zero-order chi connectivity index (χ0) is 19.5. The Kier molecular flexibility index (Phi) is 5.74. The highest BCUT2D eigenvalue weighted by atomic mass is 32.2. The number of anilines is 1. The molecule has 5 heteroatoms. The van der Waals surface area contributed by atoms with E-state index in [0.29, 0.717) is 5.56 Å². The topological polar surface area (TPSA) is 45.6 Å². The molecule has 1 fully saturated rings. The average Bonchev–Trinajstić information content (AvgIpc) is 3.16. The van der Waals surface area contributed by atoms with Gasteiger partial charge < -0.3 is 15.5 Å². The first-order valence-electron chi connectivity index (χ1n) is 10.1. The second-order valence-electron chi connectivity index (χ2n) is 7.60. The van der Waals surface area contributed by atoms with Crippen molar-refractivity contribution in [2.45, 2.75) is 36.5 Å². The summed E-state index contributed by atoms with van der Waals surface area (Å²) >= 11 is 1.75. The fourth-order valence-electron chi connectivity index (χ4n) is 3.94. The molecule has 2 aliphatic rings. The average molecular weight is 395 g/mol. The Bertz CT molecular complexity index is 916. The summed E-state index contributed by atoms with van der Waals surface area (Å²) < 4.78 is 0. The number of fused-ring (bicyclic) bond motifs is 2. The van der Waals surface area contributed by atoms with Crippen molar-refractivity contribution in [2.75, 3.05) is 31.5 Å². The maximum Gasteiger partial charge on any atom is 0.251 e. The van der Waals surface area contributed by atoms with E-state index in [0.717, 1.165) is 29.4 Å². The van der Waals surface area contributed by atoms with Crippen LogP contribution in [0.25, 0.3) is 5.70 Å². The Morgan fingerprint density at radius 3 is 2.75 bits per heavy atom. The number of hydrogen-bond acceptors (Lipinski definition) is 3. The Morgan fingerprint density at radius 2 is 1.96 bits per heavy atom. The van der Waals surface area contributed by atoms with Crippen molar-refractivity contribution in [3.05, 3.63) is 59.2 Å². The molecule has 0 unspecified atom stereocenters. The van der Waals surface area contributed by atoms with Crippen molar-refractivity contribution in [1.29, 1.82) is 0 Å². The molecule has 4 nitrogen and oxygen atoms in total. The predicted octanol–water partition coefficient (Wildman–Crippen LogP) is 3.34. The number of hydrogen-bond donors (Lipinski definition) is 3. The highest BCUT2D eigenvalue weighted by molar-refractivity contribution is 7.99. The van der Waals surface area contributed by atoms with Gasteiger partial charge in [0, 0.05) is 39.5 Å². The standard InChI is InChI=1S/C23H27N3OS/c1-3-19-18-14-16(2)6-8-21(18)28-22-9-7-17(15-20(22)25-19)23(27)24-10-13-26-11-4-5-12-26/h3,6-9,14-15,25H,4-5,10-13H2,1-2H3,(H,24,27)/p+1. The number of nitrogens with one attached hydrogen (secondary N) is 3. The van der Waals surface area contributed by atoms with Crippen molar-refractivity contribution in [2.24, 2.45) is 0 Å². The van der Waals surface area contributed by atoms with Crippen molar-refractivity contribution < 1.29 is 9.69 Å². The molecule has 0 aromatic heterocycles. The van der Waals surface area contributed by atoms with Crippen LogP contribution in [0.2, 0.25) is 0 Å². The number of rotatable bonds is 4. The fraction of sp³-hybridized carbons (Fsp3) is 0.348. The van der Waals surface area contributed by atoms with Crippen LogP contribution in [0.1, 0.15) is 41.3 Å². The second kappa shape index (κ2) is 8.41. The number of amides is 1. The minimum absolute atomic E-state index is 0.00725. The summed E-state index contributed by atoms with van der Waals surface area (Å²) in [5.41, 5.74) is 5.24. The van der Waals surface area contributed by atoms with Crippen molar-refractivity contribution in [3.8, 4) is 0 Å². The van der Waals surface area contributed by atoms with Crippen molar-refractivity contribution in [1.82, 2.24) is 5.32 Å². The molecule has 1 saturated heterocycles. The zero-order valence-electron chi connectivity index (χ0n) is 16.6. The van der Waals surface area contributed by atoms with Crippen LogP contribution in [0.15, 0.2) is 52.3 Å². The van der Waals surface area contributed by atoms with Gasteiger partial charge in [-0.2, -0.15) is 0 Å². The molecule has 2 aromatic rings. The highest BCUT2D eigenvalue weighted by Gasteiger charge is 2.19. The number of likely N-dealkylation sites (tertiary alicyclic amines) is 1. The van der Waals surface area contributed by atoms with Gasteiger partial charge in [-0.3, -0.25) is 4.79 Å². The Morgan fingerprint density at radius 1 is 1.18 bits per heavy atom. The third-order valence-electron chi connectivity index (χ3n) is 5.52. The highest BCUT2D eigenvalue weighted by Crippen LogP contribution is 2.42. The molecule has 0 atom stereocenters. The van der Waals surface area contributed by atoms with Gasteiger partial charge in [-0.1, -0.05) is 29.5 Å². The number of carbonyl (C=O) groups excluding carboxylic acids is 1. The van der Waals surface area contributed by atoms with Crippen LogP contribution < -0.4 is 15.5 Å². The molecule has 3 N–H and O–H groups in total. The van der Waals surface area contributed by atoms with Crippen LogP contribution in [0.4, 0.5) is 5.69 Å². The van der Waals surface area contributed by atoms with E-state index in [4.69, 9.17) is 0 Å². The summed E-state index contributed by atoms with van der Waals surface area (Å²) in [5, 5.41) is 6.63. The smallest absolute Gasteiger partial charge is 0.251 e. The first-order valence-corrected chi connectivity index (χ1v) is 10.9. The molecule has 4 rings (SSSR count). The summed E-state index contributed by atoms with van der Waals surface area (Å²) in [6.07, 6.45) is 4.72. The monoisotopic (exact) mass is 394 g/mol. The number of aryl methyl sites for hydroxylation is 1. The van der Waals surface area contributed by atoms with Gasteiger partial charge in [0.05, 0.1) is 31.9 Å². The maximum absolute atomic E-state index is 12.6. The van der Waals surface area contributed by atoms with Crippen LogP contribution in [0, 0.1) is 6.92 Å². The molecule has 2 aliphatic heterocycles. The van der Waals surface area contributed by atoms with E-state index in [9.17, 15) is 4.79 Å². The van der Waals surface area contributed by atoms with E-state index in [1.54, 1.807) is 16.7 Å². The lowest BCUT2D eigenvalue weighted by molar-refractivity contribution is -0.886. The van der Waals surface area contributed by atoms with E-state index < -0.39 is 0 Å². The van der Waals surface area contributed by atoms with Crippen LogP contribution in [-0.2, 0) is 0 Å². The summed E-state index contributed by atoms with van der Waals surface area (Å²) in [5.74, 6) is 0.00725. The van der Waals surface area contributed by atoms with Gasteiger partial charge in [0.15, 0.2) is 0 Å². The minimum atomic E-state index is 0.00725. The maximum atomic E-state index is 12.6. The van der Waals surface area contributed by atoms with Crippen molar-refractivity contribution >= 4 is 29.1 Å². The number of allylic oxidation sites excluding steroid dienone is 1. The third kappa shape index (κ3) is 4.10. The summed E-state index contributed by atoms with van der Waals surface area (Å²) in [6, 6.07) is 12.5. The second-order valence-corrected chi connectivity index (χ2v) is 8.69. The fourth-order valence-corrected chi connectivity index (χ4v) is 4.95. The molecule has 1 amide bonds. The first kappa shape index (κ1) is 19.1. The molecule has 0 aliphatic carbocycles. The predicted molar refractivity (Wildman–Crippen MR) is 116 cm³/mol. The molecule has 0 bridgehead atoms. The molecular formula is C23H28N3OS+. The summed E-state index contributed by atoms with van der Waals surface area (Å²) in [7, 11) is 0. The molecule has 0 spiro atoms. The summed E-state index contributed by atoms with van der Waals surface area (Å²) in [4.78, 5) is 16.6. The number of carbonyl (C=O) groups is 1. The Balaban J connectivity index is 1.51. The van der Waals surface area contributed by atoms with E-state index >= 15 is 0 Å². The molecular weight excluding hydrogens is 366 g/mol. The molecule has 146 valence electrons. The van der Waals surface area contributed by atoms with E-state index in [2.05, 4.69) is 47.9 Å². The Labute approximate surface area is 171 Å². The van der Waals surface area contributed by atoms with Crippen molar-refractivity contribution in [3.63, 3.8) is 0 Å². The SMILES string of the molecule is CC=C1Nc2cc(C(=O)NCC[NH+]3CCCC3)ccc2Sc2ccc(C)cc21. The van der Waals surface area contributed by atoms with Gasteiger partial charge in [-0.05, 0) is 44.2 Å².